The van der Waals surface area contributed by atoms with E-state index >= 15 is 0 Å². The number of urea groups is 1. The minimum Gasteiger partial charge on any atom is -0.336 e. The van der Waals surface area contributed by atoms with E-state index in [2.05, 4.69) is 44.9 Å². The number of nitrogens with zero attached hydrogens (tertiary/aromatic N) is 5. The molecule has 0 saturated carbocycles. The Kier molecular flexibility index (Phi) is 6.97. The van der Waals surface area contributed by atoms with Gasteiger partial charge in [0.1, 0.15) is 0 Å². The summed E-state index contributed by atoms with van der Waals surface area (Å²) in [5, 5.41) is 17.6. The van der Waals surface area contributed by atoms with Crippen LogP contribution in [0.25, 0.3) is 11.4 Å². The third kappa shape index (κ3) is 4.86. The van der Waals surface area contributed by atoms with E-state index < -0.39 is 0 Å². The van der Waals surface area contributed by atoms with Crippen molar-refractivity contribution >= 4 is 11.7 Å². The lowest BCUT2D eigenvalue weighted by Gasteiger charge is -2.33. The van der Waals surface area contributed by atoms with Crippen LogP contribution in [0.1, 0.15) is 39.5 Å². The summed E-state index contributed by atoms with van der Waals surface area (Å²) in [7, 11) is 1.79. The average molecular weight is 386 g/mol. The van der Waals surface area contributed by atoms with Crippen LogP contribution in [-0.2, 0) is 7.05 Å². The highest BCUT2D eigenvalue weighted by Gasteiger charge is 2.27. The van der Waals surface area contributed by atoms with E-state index in [1.165, 1.54) is 12.8 Å². The van der Waals surface area contributed by atoms with Gasteiger partial charge in [-0.1, -0.05) is 38.8 Å². The highest BCUT2D eigenvalue weighted by atomic mass is 16.2. The highest BCUT2D eigenvalue weighted by molar-refractivity contribution is 5.89. The second-order valence-corrected chi connectivity index (χ2v) is 7.43. The standard InChI is InChI=1S/C20H31N7O/c1-4-15(5-2)18(27-11-6-7-12-27)14-21-20(28)22-17-10-8-9-16(13-17)19-23-24-25-26(19)3/h8-10,13,15,18H,4-7,11-12,14H2,1-3H3,(H2,21,22,28)/t18-/m0/s1. The van der Waals surface area contributed by atoms with E-state index in [-0.39, 0.29) is 6.03 Å². The predicted molar refractivity (Wildman–Crippen MR) is 110 cm³/mol. The maximum Gasteiger partial charge on any atom is 0.319 e. The van der Waals surface area contributed by atoms with Crippen LogP contribution in [0.15, 0.2) is 24.3 Å². The molecule has 0 aliphatic carbocycles. The molecule has 3 rings (SSSR count). The Bertz CT molecular complexity index is 763. The molecule has 28 heavy (non-hydrogen) atoms. The van der Waals surface area contributed by atoms with Gasteiger partial charge < -0.3 is 10.6 Å². The van der Waals surface area contributed by atoms with Gasteiger partial charge in [0.2, 0.25) is 0 Å². The number of anilines is 1. The smallest absolute Gasteiger partial charge is 0.319 e. The molecule has 0 unspecified atom stereocenters. The molecule has 0 bridgehead atoms. The zero-order chi connectivity index (χ0) is 19.9. The van der Waals surface area contributed by atoms with Crippen LogP contribution in [0, 0.1) is 5.92 Å². The number of aromatic nitrogens is 4. The lowest BCUT2D eigenvalue weighted by atomic mass is 9.93. The number of benzene rings is 1. The Hall–Kier alpha value is -2.48. The van der Waals surface area contributed by atoms with Crippen LogP contribution in [-0.4, -0.2) is 56.8 Å². The van der Waals surface area contributed by atoms with Crippen LogP contribution >= 0.6 is 0 Å². The molecule has 1 atom stereocenters. The number of aryl methyl sites for hydroxylation is 1. The summed E-state index contributed by atoms with van der Waals surface area (Å²) in [5.41, 5.74) is 1.58. The van der Waals surface area contributed by atoms with Crippen molar-refractivity contribution in [2.75, 3.05) is 25.0 Å². The first-order chi connectivity index (χ1) is 13.6. The van der Waals surface area contributed by atoms with Crippen molar-refractivity contribution in [1.29, 1.82) is 0 Å². The summed E-state index contributed by atoms with van der Waals surface area (Å²) in [6.45, 7) is 7.43. The third-order valence-corrected chi connectivity index (χ3v) is 5.67. The van der Waals surface area contributed by atoms with Gasteiger partial charge in [-0.25, -0.2) is 9.48 Å². The van der Waals surface area contributed by atoms with E-state index in [0.717, 1.165) is 37.2 Å². The second-order valence-electron chi connectivity index (χ2n) is 7.43. The molecule has 1 saturated heterocycles. The Labute approximate surface area is 166 Å². The summed E-state index contributed by atoms with van der Waals surface area (Å²) in [6, 6.07) is 7.78. The van der Waals surface area contributed by atoms with Gasteiger partial charge >= 0.3 is 6.03 Å². The van der Waals surface area contributed by atoms with E-state index in [1.54, 1.807) is 11.7 Å². The summed E-state index contributed by atoms with van der Waals surface area (Å²) >= 11 is 0. The van der Waals surface area contributed by atoms with Gasteiger partial charge in [0.25, 0.3) is 0 Å². The SMILES string of the molecule is CCC(CC)[C@H](CNC(=O)Nc1cccc(-c2nnnn2C)c1)N1CCCC1. The molecule has 1 aromatic heterocycles. The number of likely N-dealkylation sites (tertiary alicyclic amines) is 1. The molecule has 1 aliphatic rings. The average Bonchev–Trinajstić information content (AvgIpc) is 3.37. The first kappa shape index (κ1) is 20.3. The van der Waals surface area contributed by atoms with E-state index in [9.17, 15) is 4.79 Å². The molecule has 2 N–H and O–H groups in total. The first-order valence-electron chi connectivity index (χ1n) is 10.2. The fourth-order valence-corrected chi connectivity index (χ4v) is 4.08. The number of amides is 2. The highest BCUT2D eigenvalue weighted by Crippen LogP contribution is 2.23. The Morgan fingerprint density at radius 3 is 2.61 bits per heavy atom. The quantitative estimate of drug-likeness (QED) is 0.729. The Balaban J connectivity index is 1.61. The van der Waals surface area contributed by atoms with Gasteiger partial charge in [0.05, 0.1) is 0 Å². The molecule has 0 spiro atoms. The molecule has 1 fully saturated rings. The molecule has 2 aromatic rings. The normalized spacial score (nSPS) is 15.7. The molecule has 2 amide bonds. The Morgan fingerprint density at radius 2 is 1.96 bits per heavy atom. The minimum absolute atomic E-state index is 0.177. The number of nitrogens with one attached hydrogen (secondary N) is 2. The fraction of sp³-hybridized carbons (Fsp3) is 0.600. The summed E-state index contributed by atoms with van der Waals surface area (Å²) in [4.78, 5) is 15.1. The van der Waals surface area contributed by atoms with Gasteiger partial charge in [-0.15, -0.1) is 5.10 Å². The topological polar surface area (TPSA) is 88.0 Å². The van der Waals surface area contributed by atoms with Gasteiger partial charge in [-0.05, 0) is 54.4 Å². The van der Waals surface area contributed by atoms with Crippen molar-refractivity contribution in [3.05, 3.63) is 24.3 Å². The maximum absolute atomic E-state index is 12.5. The number of carbonyl (C=O) groups excluding carboxylic acids is 1. The molecule has 8 nitrogen and oxygen atoms in total. The van der Waals surface area contributed by atoms with E-state index in [1.807, 2.05) is 24.3 Å². The zero-order valence-electron chi connectivity index (χ0n) is 17.1. The summed E-state index contributed by atoms with van der Waals surface area (Å²) in [5.74, 6) is 1.26. The molecular weight excluding hydrogens is 354 g/mol. The lowest BCUT2D eigenvalue weighted by Crippen LogP contribution is -2.47. The molecule has 2 heterocycles. The van der Waals surface area contributed by atoms with Gasteiger partial charge in [-0.2, -0.15) is 0 Å². The lowest BCUT2D eigenvalue weighted by molar-refractivity contribution is 0.163. The van der Waals surface area contributed by atoms with Crippen LogP contribution < -0.4 is 10.6 Å². The van der Waals surface area contributed by atoms with Gasteiger partial charge in [0.15, 0.2) is 5.82 Å². The third-order valence-electron chi connectivity index (χ3n) is 5.67. The number of carbonyl (C=O) groups is 1. The predicted octanol–water partition coefficient (Wildman–Crippen LogP) is 2.90. The zero-order valence-corrected chi connectivity index (χ0v) is 17.1. The van der Waals surface area contributed by atoms with Gasteiger partial charge in [-0.3, -0.25) is 4.90 Å². The van der Waals surface area contributed by atoms with Crippen molar-refractivity contribution in [2.24, 2.45) is 13.0 Å². The maximum atomic E-state index is 12.5. The minimum atomic E-state index is -0.177. The van der Waals surface area contributed by atoms with Crippen molar-refractivity contribution in [1.82, 2.24) is 30.4 Å². The first-order valence-corrected chi connectivity index (χ1v) is 10.2. The van der Waals surface area contributed by atoms with Crippen molar-refractivity contribution in [3.8, 4) is 11.4 Å². The molecular formula is C20H31N7O. The molecule has 152 valence electrons. The number of hydrogen-bond donors (Lipinski definition) is 2. The van der Waals surface area contributed by atoms with Gasteiger partial charge in [0, 0.05) is 30.9 Å². The van der Waals surface area contributed by atoms with Crippen molar-refractivity contribution in [3.63, 3.8) is 0 Å². The summed E-state index contributed by atoms with van der Waals surface area (Å²) < 4.78 is 1.61. The molecule has 8 heteroatoms. The van der Waals surface area contributed by atoms with Crippen molar-refractivity contribution in [2.45, 2.75) is 45.6 Å². The molecule has 1 aromatic carbocycles. The van der Waals surface area contributed by atoms with Crippen LogP contribution in [0.3, 0.4) is 0 Å². The molecule has 1 aliphatic heterocycles. The second kappa shape index (κ2) is 9.64. The Morgan fingerprint density at radius 1 is 1.21 bits per heavy atom. The summed E-state index contributed by atoms with van der Waals surface area (Å²) in [6.07, 6.45) is 4.78. The van der Waals surface area contributed by atoms with E-state index in [0.29, 0.717) is 24.3 Å². The van der Waals surface area contributed by atoms with Crippen LogP contribution in [0.5, 0.6) is 0 Å². The number of hydrogen-bond acceptors (Lipinski definition) is 5. The molecule has 0 radical (unpaired) electrons. The van der Waals surface area contributed by atoms with Crippen molar-refractivity contribution < 1.29 is 4.79 Å². The number of tetrazole rings is 1. The van der Waals surface area contributed by atoms with E-state index in [4.69, 9.17) is 0 Å². The van der Waals surface area contributed by atoms with Crippen LogP contribution in [0.4, 0.5) is 10.5 Å². The fourth-order valence-electron chi connectivity index (χ4n) is 4.08. The monoisotopic (exact) mass is 385 g/mol. The number of rotatable bonds is 8. The van der Waals surface area contributed by atoms with Crippen LogP contribution in [0.2, 0.25) is 0 Å². The largest absolute Gasteiger partial charge is 0.336 e.